The highest BCUT2D eigenvalue weighted by Crippen LogP contribution is 2.11. The number of hydrogen-bond donors (Lipinski definition) is 2. The number of rotatable bonds is 13. The minimum absolute atomic E-state index is 0.116. The van der Waals surface area contributed by atoms with Crippen molar-refractivity contribution in [3.63, 3.8) is 0 Å². The van der Waals surface area contributed by atoms with Gasteiger partial charge in [0.25, 0.3) is 0 Å². The van der Waals surface area contributed by atoms with Crippen LogP contribution in [0.4, 0.5) is 0 Å². The molecule has 0 aliphatic carbocycles. The third-order valence-corrected chi connectivity index (χ3v) is 5.08. The highest BCUT2D eigenvalue weighted by atomic mass is 16.6. The largest absolute Gasteiger partial charge is 0.396 e. The molecule has 0 bridgehead atoms. The standard InChI is InChI=1S/C8H10.C6H14O2.C5H13N.2C5H12.C4H8O.C4H10O.C3H8O/c1-2-8-6-4-3-5-7-8;1-3-4-8-6-5-7-2;1-4-5-6(2)3;1-5(2,3)4;1-3-5-4-2;1-2-4-3-5-4;1-3-4(2)5;1-2-3-4/h3-7H,2H2,1H3;3-6H2,1-2H3;4-5H2,1-3H3;1-4H3;3-5H2,1-2H3;4H,2-3H2,1H3;4-5H,3H2,1-2H3;4H,2-3H2,1H3. The van der Waals surface area contributed by atoms with Crippen LogP contribution >= 0.6 is 0 Å². The summed E-state index contributed by atoms with van der Waals surface area (Å²) >= 11 is 0. The Morgan fingerprint density at radius 3 is 1.43 bits per heavy atom. The van der Waals surface area contributed by atoms with Crippen LogP contribution in [0.15, 0.2) is 30.3 Å². The monoisotopic (exact) mass is 662 g/mol. The van der Waals surface area contributed by atoms with Crippen molar-refractivity contribution in [2.75, 3.05) is 60.8 Å². The fourth-order valence-corrected chi connectivity index (χ4v) is 2.21. The molecule has 1 aliphatic rings. The molecule has 2 unspecified atom stereocenters. The number of aliphatic hydroxyl groups is 2. The van der Waals surface area contributed by atoms with E-state index in [0.717, 1.165) is 45.5 Å². The number of unbranched alkanes of at least 4 members (excludes halogenated alkanes) is 2. The lowest BCUT2D eigenvalue weighted by Gasteiger charge is -2.05. The molecule has 2 rings (SSSR count). The maximum atomic E-state index is 8.36. The Morgan fingerprint density at radius 2 is 1.28 bits per heavy atom. The lowest BCUT2D eigenvalue weighted by Crippen LogP contribution is -2.11. The molecule has 282 valence electrons. The van der Waals surface area contributed by atoms with Crippen molar-refractivity contribution in [1.82, 2.24) is 4.90 Å². The molecule has 1 saturated heterocycles. The number of epoxide rings is 1. The molecule has 0 saturated carbocycles. The van der Waals surface area contributed by atoms with Crippen molar-refractivity contribution in [3.8, 4) is 0 Å². The topological polar surface area (TPSA) is 74.7 Å². The first kappa shape index (κ1) is 57.3. The maximum absolute atomic E-state index is 8.36. The van der Waals surface area contributed by atoms with Crippen LogP contribution in [-0.4, -0.2) is 88.1 Å². The molecule has 2 atom stereocenters. The van der Waals surface area contributed by atoms with Crippen molar-refractivity contribution >= 4 is 0 Å². The summed E-state index contributed by atoms with van der Waals surface area (Å²) in [6.07, 6.45) is 11.0. The molecule has 2 N–H and O–H groups in total. The van der Waals surface area contributed by atoms with E-state index in [4.69, 9.17) is 24.4 Å². The lowest BCUT2D eigenvalue weighted by molar-refractivity contribution is 0.0710. The third kappa shape index (κ3) is 104. The van der Waals surface area contributed by atoms with Gasteiger partial charge in [0.2, 0.25) is 0 Å². The molecule has 46 heavy (non-hydrogen) atoms. The van der Waals surface area contributed by atoms with Gasteiger partial charge in [-0.1, -0.05) is 133 Å². The normalized spacial score (nSPS) is 12.8. The first-order valence-electron chi connectivity index (χ1n) is 18.3. The van der Waals surface area contributed by atoms with Crippen molar-refractivity contribution < 1.29 is 24.4 Å². The van der Waals surface area contributed by atoms with Gasteiger partial charge in [0, 0.05) is 20.3 Å². The second-order valence-corrected chi connectivity index (χ2v) is 12.9. The molecule has 0 amide bonds. The smallest absolute Gasteiger partial charge is 0.0807 e. The number of benzene rings is 1. The van der Waals surface area contributed by atoms with Crippen molar-refractivity contribution in [2.24, 2.45) is 5.41 Å². The summed E-state index contributed by atoms with van der Waals surface area (Å²) in [6.45, 7) is 32.2. The summed E-state index contributed by atoms with van der Waals surface area (Å²) in [4.78, 5) is 2.18. The summed E-state index contributed by atoms with van der Waals surface area (Å²) in [5, 5.41) is 16.2. The van der Waals surface area contributed by atoms with Gasteiger partial charge in [0.1, 0.15) is 0 Å². The molecule has 0 spiro atoms. The fraction of sp³-hybridized carbons (Fsp3) is 0.850. The maximum Gasteiger partial charge on any atom is 0.0807 e. The Bertz CT molecular complexity index is 555. The number of nitrogens with zero attached hydrogens (tertiary/aromatic N) is 1. The molecular formula is C40H87NO5. The van der Waals surface area contributed by atoms with E-state index < -0.39 is 0 Å². The number of ether oxygens (including phenoxy) is 3. The molecule has 0 radical (unpaired) electrons. The van der Waals surface area contributed by atoms with E-state index in [0.29, 0.717) is 24.7 Å². The zero-order chi connectivity index (χ0) is 37.1. The molecule has 0 aromatic heterocycles. The second kappa shape index (κ2) is 50.8. The van der Waals surface area contributed by atoms with Gasteiger partial charge >= 0.3 is 0 Å². The average molecular weight is 662 g/mol. The quantitative estimate of drug-likeness (QED) is 0.162. The van der Waals surface area contributed by atoms with E-state index in [9.17, 15) is 0 Å². The summed E-state index contributed by atoms with van der Waals surface area (Å²) in [6, 6.07) is 10.5. The van der Waals surface area contributed by atoms with Gasteiger partial charge in [0.05, 0.1) is 32.0 Å². The summed E-state index contributed by atoms with van der Waals surface area (Å²) in [5.74, 6) is 0. The van der Waals surface area contributed by atoms with Crippen LogP contribution in [0.1, 0.15) is 147 Å². The first-order chi connectivity index (χ1) is 21.6. The number of aryl methyl sites for hydroxylation is 1. The van der Waals surface area contributed by atoms with E-state index in [-0.39, 0.29) is 6.10 Å². The first-order valence-corrected chi connectivity index (χ1v) is 18.3. The molecule has 1 aliphatic heterocycles. The number of aliphatic hydroxyl groups excluding tert-OH is 2. The predicted molar refractivity (Wildman–Crippen MR) is 207 cm³/mol. The van der Waals surface area contributed by atoms with Crippen LogP contribution in [-0.2, 0) is 20.6 Å². The van der Waals surface area contributed by atoms with Crippen LogP contribution in [0, 0.1) is 5.41 Å². The minimum atomic E-state index is -0.116. The summed E-state index contributed by atoms with van der Waals surface area (Å²) in [5.41, 5.74) is 1.91. The molecule has 6 nitrogen and oxygen atoms in total. The Kier molecular flexibility index (Phi) is 63.3. The van der Waals surface area contributed by atoms with Crippen molar-refractivity contribution in [1.29, 1.82) is 0 Å². The average Bonchev–Trinajstić information content (AvgIpc) is 3.86. The van der Waals surface area contributed by atoms with E-state index in [1.807, 2.05) is 19.9 Å². The Hall–Kier alpha value is -1.02. The van der Waals surface area contributed by atoms with Crippen LogP contribution in [0.25, 0.3) is 0 Å². The van der Waals surface area contributed by atoms with Gasteiger partial charge < -0.3 is 29.3 Å². The zero-order valence-corrected chi connectivity index (χ0v) is 34.2. The highest BCUT2D eigenvalue weighted by molar-refractivity contribution is 5.13. The summed E-state index contributed by atoms with van der Waals surface area (Å²) in [7, 11) is 5.85. The van der Waals surface area contributed by atoms with Gasteiger partial charge in [-0.05, 0) is 77.1 Å². The minimum Gasteiger partial charge on any atom is -0.396 e. The molecule has 6 heteroatoms. The van der Waals surface area contributed by atoms with E-state index in [2.05, 4.69) is 112 Å². The zero-order valence-electron chi connectivity index (χ0n) is 34.2. The van der Waals surface area contributed by atoms with Gasteiger partial charge in [-0.25, -0.2) is 0 Å². The SMILES string of the molecule is CC(C)(C)C.CCC(C)O.CCC1CO1.CCCCC.CCCN(C)C.CCCO.CCCOCCOC.CCc1ccccc1. The third-order valence-electron chi connectivity index (χ3n) is 5.08. The molecule has 1 heterocycles. The predicted octanol–water partition coefficient (Wildman–Crippen LogP) is 10.5. The van der Waals surface area contributed by atoms with E-state index >= 15 is 0 Å². The molecule has 1 aromatic rings. The van der Waals surface area contributed by atoms with Crippen molar-refractivity contribution in [2.45, 2.75) is 160 Å². The van der Waals surface area contributed by atoms with Crippen LogP contribution in [0.5, 0.6) is 0 Å². The second-order valence-electron chi connectivity index (χ2n) is 12.9. The Labute approximate surface area is 291 Å². The molecular weight excluding hydrogens is 574 g/mol. The van der Waals surface area contributed by atoms with Gasteiger partial charge in [-0.2, -0.15) is 0 Å². The van der Waals surface area contributed by atoms with E-state index in [1.54, 1.807) is 14.0 Å². The number of methoxy groups -OCH3 is 1. The van der Waals surface area contributed by atoms with Crippen molar-refractivity contribution in [3.05, 3.63) is 35.9 Å². The van der Waals surface area contributed by atoms with Crippen LogP contribution in [0.2, 0.25) is 0 Å². The Morgan fingerprint density at radius 1 is 0.826 bits per heavy atom. The lowest BCUT2D eigenvalue weighted by atomic mass is 10.0. The van der Waals surface area contributed by atoms with E-state index in [1.165, 1.54) is 44.2 Å². The Balaban J connectivity index is -0.000000101. The van der Waals surface area contributed by atoms with Gasteiger partial charge in [-0.3, -0.25) is 0 Å². The van der Waals surface area contributed by atoms with Gasteiger partial charge in [-0.15, -0.1) is 0 Å². The highest BCUT2D eigenvalue weighted by Gasteiger charge is 2.18. The van der Waals surface area contributed by atoms with Crippen LogP contribution < -0.4 is 0 Å². The van der Waals surface area contributed by atoms with Crippen LogP contribution in [0.3, 0.4) is 0 Å². The summed E-state index contributed by atoms with van der Waals surface area (Å²) < 4.78 is 14.7. The van der Waals surface area contributed by atoms with Gasteiger partial charge in [0.15, 0.2) is 0 Å². The molecule has 1 aromatic carbocycles. The molecule has 1 fully saturated rings. The number of hydrogen-bond acceptors (Lipinski definition) is 6. The fourth-order valence-electron chi connectivity index (χ4n) is 2.21.